The summed E-state index contributed by atoms with van der Waals surface area (Å²) in [6.07, 6.45) is 2.82. The minimum atomic E-state index is -0.810. The largest absolute Gasteiger partial charge is 0.481 e. The summed E-state index contributed by atoms with van der Waals surface area (Å²) < 4.78 is 2.08. The van der Waals surface area contributed by atoms with Crippen molar-refractivity contribution in [1.29, 1.82) is 0 Å². The van der Waals surface area contributed by atoms with Crippen molar-refractivity contribution in [1.82, 2.24) is 14.5 Å². The quantitative estimate of drug-likeness (QED) is 0.747. The van der Waals surface area contributed by atoms with Crippen LogP contribution in [-0.2, 0) is 11.3 Å². The van der Waals surface area contributed by atoms with Crippen molar-refractivity contribution in [3.8, 4) is 0 Å². The van der Waals surface area contributed by atoms with Gasteiger partial charge in [0.2, 0.25) is 0 Å². The molecule has 0 aromatic carbocycles. The molecule has 0 aliphatic carbocycles. The van der Waals surface area contributed by atoms with Gasteiger partial charge in [0.25, 0.3) is 0 Å². The summed E-state index contributed by atoms with van der Waals surface area (Å²) in [5.41, 5.74) is 1.08. The average molecular weight is 257 g/mol. The van der Waals surface area contributed by atoms with Gasteiger partial charge >= 0.3 is 5.97 Å². The van der Waals surface area contributed by atoms with E-state index in [1.807, 2.05) is 21.0 Å². The molecule has 1 N–H and O–H groups in total. The van der Waals surface area contributed by atoms with Crippen LogP contribution in [0.4, 0.5) is 0 Å². The summed E-state index contributed by atoms with van der Waals surface area (Å²) in [5.74, 6) is -0.750. The maximum Gasteiger partial charge on any atom is 0.313 e. The van der Waals surface area contributed by atoms with Crippen molar-refractivity contribution in [2.24, 2.45) is 0 Å². The molecule has 1 aromatic rings. The molecule has 0 radical (unpaired) electrons. The van der Waals surface area contributed by atoms with Crippen LogP contribution < -0.4 is 0 Å². The van der Waals surface area contributed by atoms with Crippen molar-refractivity contribution in [2.45, 2.75) is 25.0 Å². The fraction of sp³-hybridized carbons (Fsp3) is 0.636. The SMILES string of the molecule is Cc1cnc(SCC(=O)O)n1CCCN(C)C. The molecular formula is C11H19N3O2S. The first-order valence-electron chi connectivity index (χ1n) is 5.52. The van der Waals surface area contributed by atoms with Crippen LogP contribution >= 0.6 is 11.8 Å². The Labute approximate surface area is 106 Å². The van der Waals surface area contributed by atoms with E-state index in [0.29, 0.717) is 0 Å². The Morgan fingerprint density at radius 1 is 1.59 bits per heavy atom. The third kappa shape index (κ3) is 4.79. The standard InChI is InChI=1S/C11H19N3O2S/c1-9-7-12-11(17-8-10(15)16)14(9)6-4-5-13(2)3/h7H,4-6,8H2,1-3H3,(H,15,16). The molecule has 0 unspecified atom stereocenters. The molecule has 1 heterocycles. The Hall–Kier alpha value is -1.01. The molecule has 0 amide bonds. The average Bonchev–Trinajstić information content (AvgIpc) is 2.57. The van der Waals surface area contributed by atoms with E-state index in [1.165, 1.54) is 11.8 Å². The predicted octanol–water partition coefficient (Wildman–Crippen LogP) is 1.32. The van der Waals surface area contributed by atoms with E-state index in [2.05, 4.69) is 14.5 Å². The molecule has 0 fully saturated rings. The molecule has 0 aliphatic heterocycles. The predicted molar refractivity (Wildman–Crippen MR) is 68.5 cm³/mol. The van der Waals surface area contributed by atoms with Gasteiger partial charge in [0.1, 0.15) is 0 Å². The van der Waals surface area contributed by atoms with Crippen molar-refractivity contribution < 1.29 is 9.90 Å². The second kappa shape index (κ2) is 6.66. The Kier molecular flexibility index (Phi) is 5.50. The fourth-order valence-electron chi connectivity index (χ4n) is 1.50. The van der Waals surface area contributed by atoms with Gasteiger partial charge in [-0.05, 0) is 34.0 Å². The molecule has 1 aromatic heterocycles. The Bertz CT molecular complexity index is 377. The van der Waals surface area contributed by atoms with Crippen LogP contribution in [0.15, 0.2) is 11.4 Å². The highest BCUT2D eigenvalue weighted by Gasteiger charge is 2.09. The highest BCUT2D eigenvalue weighted by molar-refractivity contribution is 7.99. The fourth-order valence-corrected chi connectivity index (χ4v) is 2.27. The number of carboxylic acids is 1. The molecule has 1 rings (SSSR count). The summed E-state index contributed by atoms with van der Waals surface area (Å²) in [7, 11) is 4.09. The maximum absolute atomic E-state index is 10.5. The smallest absolute Gasteiger partial charge is 0.313 e. The van der Waals surface area contributed by atoms with Gasteiger partial charge in [-0.3, -0.25) is 4.79 Å². The third-order valence-corrected chi connectivity index (χ3v) is 3.31. The number of hydrogen-bond acceptors (Lipinski definition) is 4. The Balaban J connectivity index is 2.56. The molecule has 17 heavy (non-hydrogen) atoms. The van der Waals surface area contributed by atoms with Crippen molar-refractivity contribution in [2.75, 3.05) is 26.4 Å². The van der Waals surface area contributed by atoms with Crippen molar-refractivity contribution in [3.63, 3.8) is 0 Å². The number of rotatable bonds is 7. The molecule has 0 atom stereocenters. The third-order valence-electron chi connectivity index (χ3n) is 2.33. The van der Waals surface area contributed by atoms with E-state index >= 15 is 0 Å². The molecule has 5 nitrogen and oxygen atoms in total. The zero-order valence-corrected chi connectivity index (χ0v) is 11.3. The second-order valence-electron chi connectivity index (χ2n) is 4.17. The monoisotopic (exact) mass is 257 g/mol. The number of thioether (sulfide) groups is 1. The van der Waals surface area contributed by atoms with E-state index in [4.69, 9.17) is 5.11 Å². The minimum absolute atomic E-state index is 0.0597. The van der Waals surface area contributed by atoms with Gasteiger partial charge < -0.3 is 14.6 Å². The van der Waals surface area contributed by atoms with Gasteiger partial charge in [0.15, 0.2) is 5.16 Å². The summed E-state index contributed by atoms with van der Waals surface area (Å²) in [4.78, 5) is 16.9. The lowest BCUT2D eigenvalue weighted by Crippen LogP contribution is -2.15. The van der Waals surface area contributed by atoms with Crippen LogP contribution in [0.3, 0.4) is 0 Å². The van der Waals surface area contributed by atoms with E-state index < -0.39 is 5.97 Å². The van der Waals surface area contributed by atoms with Gasteiger partial charge in [-0.2, -0.15) is 0 Å². The number of aromatic nitrogens is 2. The zero-order valence-electron chi connectivity index (χ0n) is 10.5. The maximum atomic E-state index is 10.5. The number of aliphatic carboxylic acids is 1. The molecule has 0 spiro atoms. The van der Waals surface area contributed by atoms with E-state index in [-0.39, 0.29) is 5.75 Å². The van der Waals surface area contributed by atoms with Gasteiger partial charge in [-0.1, -0.05) is 11.8 Å². The van der Waals surface area contributed by atoms with Crippen molar-refractivity contribution in [3.05, 3.63) is 11.9 Å². The molecule has 6 heteroatoms. The molecule has 0 aliphatic rings. The molecule has 0 saturated carbocycles. The Morgan fingerprint density at radius 3 is 2.88 bits per heavy atom. The Morgan fingerprint density at radius 2 is 2.29 bits per heavy atom. The summed E-state index contributed by atoms with van der Waals surface area (Å²) >= 11 is 1.27. The minimum Gasteiger partial charge on any atom is -0.481 e. The second-order valence-corrected chi connectivity index (χ2v) is 5.12. The molecule has 96 valence electrons. The first kappa shape index (κ1) is 14.1. The normalized spacial score (nSPS) is 11.1. The van der Waals surface area contributed by atoms with Gasteiger partial charge in [0.05, 0.1) is 5.75 Å². The molecule has 0 saturated heterocycles. The summed E-state index contributed by atoms with van der Waals surface area (Å²) in [6.45, 7) is 3.89. The highest BCUT2D eigenvalue weighted by atomic mass is 32.2. The topological polar surface area (TPSA) is 58.4 Å². The number of hydrogen-bond donors (Lipinski definition) is 1. The summed E-state index contributed by atoms with van der Waals surface area (Å²) in [6, 6.07) is 0. The van der Waals surface area contributed by atoms with Crippen molar-refractivity contribution >= 4 is 17.7 Å². The first-order chi connectivity index (χ1) is 8.00. The van der Waals surface area contributed by atoms with Gasteiger partial charge in [-0.15, -0.1) is 0 Å². The lowest BCUT2D eigenvalue weighted by atomic mass is 10.4. The van der Waals surface area contributed by atoms with Crippen LogP contribution in [0.1, 0.15) is 12.1 Å². The number of imidazole rings is 1. The van der Waals surface area contributed by atoms with Crippen LogP contribution in [-0.4, -0.2) is 51.9 Å². The lowest BCUT2D eigenvalue weighted by Gasteiger charge is -2.12. The van der Waals surface area contributed by atoms with E-state index in [1.54, 1.807) is 6.20 Å². The number of nitrogens with zero attached hydrogens (tertiary/aromatic N) is 3. The number of aryl methyl sites for hydroxylation is 1. The van der Waals surface area contributed by atoms with Gasteiger partial charge in [0, 0.05) is 18.4 Å². The van der Waals surface area contributed by atoms with E-state index in [9.17, 15) is 4.79 Å². The van der Waals surface area contributed by atoms with Gasteiger partial charge in [-0.25, -0.2) is 4.98 Å². The summed E-state index contributed by atoms with van der Waals surface area (Å²) in [5, 5.41) is 9.45. The van der Waals surface area contributed by atoms with Crippen LogP contribution in [0, 0.1) is 6.92 Å². The first-order valence-corrected chi connectivity index (χ1v) is 6.50. The van der Waals surface area contributed by atoms with Crippen LogP contribution in [0.5, 0.6) is 0 Å². The van der Waals surface area contributed by atoms with Crippen LogP contribution in [0.25, 0.3) is 0 Å². The molecule has 0 bridgehead atoms. The number of carbonyl (C=O) groups is 1. The van der Waals surface area contributed by atoms with E-state index in [0.717, 1.165) is 30.4 Å². The zero-order chi connectivity index (χ0) is 12.8. The highest BCUT2D eigenvalue weighted by Crippen LogP contribution is 2.18. The lowest BCUT2D eigenvalue weighted by molar-refractivity contribution is -0.133. The molecular weight excluding hydrogens is 238 g/mol. The van der Waals surface area contributed by atoms with Crippen LogP contribution in [0.2, 0.25) is 0 Å². The number of carboxylic acid groups (broad SMARTS) is 1.